The van der Waals surface area contributed by atoms with Crippen molar-refractivity contribution in [3.8, 4) is 0 Å². The molecule has 0 amide bonds. The van der Waals surface area contributed by atoms with Crippen molar-refractivity contribution in [3.63, 3.8) is 0 Å². The molecule has 5 heteroatoms. The van der Waals surface area contributed by atoms with Gasteiger partial charge in [0.15, 0.2) is 5.78 Å². The highest BCUT2D eigenvalue weighted by molar-refractivity contribution is 8.02. The lowest BCUT2D eigenvalue weighted by atomic mass is 10.1. The van der Waals surface area contributed by atoms with E-state index in [1.807, 2.05) is 12.3 Å². The molecular formula is C12H10ClNOS2. The smallest absolute Gasteiger partial charge is 0.175 e. The van der Waals surface area contributed by atoms with Gasteiger partial charge in [-0.25, -0.2) is 4.98 Å². The van der Waals surface area contributed by atoms with Crippen LogP contribution in [-0.4, -0.2) is 16.0 Å². The largest absolute Gasteiger partial charge is 0.293 e. The number of hydrogen-bond acceptors (Lipinski definition) is 4. The van der Waals surface area contributed by atoms with Crippen molar-refractivity contribution in [1.82, 2.24) is 4.98 Å². The molecule has 1 aromatic heterocycles. The third kappa shape index (κ3) is 3.31. The van der Waals surface area contributed by atoms with Crippen molar-refractivity contribution in [2.75, 3.05) is 0 Å². The van der Waals surface area contributed by atoms with Gasteiger partial charge in [0.05, 0.1) is 5.25 Å². The van der Waals surface area contributed by atoms with E-state index in [2.05, 4.69) is 4.98 Å². The van der Waals surface area contributed by atoms with E-state index in [1.54, 1.807) is 41.8 Å². The molecule has 2 rings (SSSR count). The zero-order chi connectivity index (χ0) is 12.3. The van der Waals surface area contributed by atoms with E-state index >= 15 is 0 Å². The van der Waals surface area contributed by atoms with Crippen molar-refractivity contribution >= 4 is 40.5 Å². The highest BCUT2D eigenvalue weighted by atomic mass is 35.5. The number of thioether (sulfide) groups is 1. The van der Waals surface area contributed by atoms with Crippen LogP contribution in [-0.2, 0) is 0 Å². The summed E-state index contributed by atoms with van der Waals surface area (Å²) in [6.07, 6.45) is 1.74. The molecule has 0 aliphatic carbocycles. The lowest BCUT2D eigenvalue weighted by Gasteiger charge is -2.08. The first-order valence-electron chi connectivity index (χ1n) is 5.03. The van der Waals surface area contributed by atoms with Gasteiger partial charge < -0.3 is 0 Å². The van der Waals surface area contributed by atoms with Crippen LogP contribution in [0.3, 0.4) is 0 Å². The summed E-state index contributed by atoms with van der Waals surface area (Å²) in [6.45, 7) is 1.89. The normalized spacial score (nSPS) is 12.4. The molecule has 0 saturated carbocycles. The van der Waals surface area contributed by atoms with Crippen LogP contribution in [0.15, 0.2) is 40.2 Å². The number of Topliss-reactive ketones (excluding diaryl/α,β-unsaturated/α-hetero) is 1. The Labute approximate surface area is 113 Å². The number of aromatic nitrogens is 1. The second-order valence-corrected chi connectivity index (χ2v) is 6.35. The van der Waals surface area contributed by atoms with Crippen LogP contribution < -0.4 is 0 Å². The van der Waals surface area contributed by atoms with Gasteiger partial charge in [-0.05, 0) is 31.2 Å². The highest BCUT2D eigenvalue weighted by Gasteiger charge is 2.17. The van der Waals surface area contributed by atoms with Crippen molar-refractivity contribution in [2.24, 2.45) is 0 Å². The molecule has 0 radical (unpaired) electrons. The van der Waals surface area contributed by atoms with Crippen molar-refractivity contribution in [2.45, 2.75) is 16.5 Å². The summed E-state index contributed by atoms with van der Waals surface area (Å²) in [6, 6.07) is 6.97. The van der Waals surface area contributed by atoms with Crippen LogP contribution >= 0.6 is 34.7 Å². The number of carbonyl (C=O) groups excluding carboxylic acids is 1. The summed E-state index contributed by atoms with van der Waals surface area (Å²) in [5.41, 5.74) is 0.686. The van der Waals surface area contributed by atoms with Gasteiger partial charge in [-0.15, -0.1) is 11.3 Å². The van der Waals surface area contributed by atoms with Gasteiger partial charge in [0.25, 0.3) is 0 Å². The first-order chi connectivity index (χ1) is 8.16. The van der Waals surface area contributed by atoms with E-state index in [0.717, 1.165) is 4.34 Å². The van der Waals surface area contributed by atoms with E-state index < -0.39 is 0 Å². The predicted octanol–water partition coefficient (Wildman–Crippen LogP) is 4.16. The van der Waals surface area contributed by atoms with Crippen LogP contribution in [0.1, 0.15) is 17.3 Å². The molecule has 0 bridgehead atoms. The van der Waals surface area contributed by atoms with Crippen LogP contribution in [0.4, 0.5) is 0 Å². The van der Waals surface area contributed by atoms with Crippen LogP contribution in [0.25, 0.3) is 0 Å². The molecule has 0 saturated heterocycles. The molecule has 0 aliphatic heterocycles. The zero-order valence-electron chi connectivity index (χ0n) is 9.09. The second-order valence-electron chi connectivity index (χ2n) is 3.43. The number of ketones is 1. The number of benzene rings is 1. The molecule has 17 heavy (non-hydrogen) atoms. The summed E-state index contributed by atoms with van der Waals surface area (Å²) in [5.74, 6) is 0.0990. The highest BCUT2D eigenvalue weighted by Crippen LogP contribution is 2.27. The average Bonchev–Trinajstić information content (AvgIpc) is 2.82. The van der Waals surface area contributed by atoms with Gasteiger partial charge in [0, 0.05) is 22.2 Å². The predicted molar refractivity (Wildman–Crippen MR) is 73.2 cm³/mol. The molecule has 1 atom stereocenters. The van der Waals surface area contributed by atoms with E-state index in [-0.39, 0.29) is 11.0 Å². The number of nitrogens with zero attached hydrogens (tertiary/aromatic N) is 1. The first kappa shape index (κ1) is 12.6. The Kier molecular flexibility index (Phi) is 4.20. The minimum absolute atomic E-state index is 0.0990. The maximum Gasteiger partial charge on any atom is 0.175 e. The Balaban J connectivity index is 2.07. The fraction of sp³-hybridized carbons (Fsp3) is 0.167. The molecule has 0 N–H and O–H groups in total. The van der Waals surface area contributed by atoms with Gasteiger partial charge in [0.1, 0.15) is 4.34 Å². The minimum Gasteiger partial charge on any atom is -0.293 e. The van der Waals surface area contributed by atoms with Crippen LogP contribution in [0, 0.1) is 0 Å². The third-order valence-electron chi connectivity index (χ3n) is 2.19. The van der Waals surface area contributed by atoms with Gasteiger partial charge in [-0.3, -0.25) is 4.79 Å². The fourth-order valence-electron chi connectivity index (χ4n) is 1.32. The lowest BCUT2D eigenvalue weighted by molar-refractivity contribution is 0.0994. The standard InChI is InChI=1S/C12H10ClNOS2/c1-8(17-12-14-6-7-16-12)11(15)9-2-4-10(13)5-3-9/h2-8H,1H3. The number of carbonyl (C=O) groups is 1. The number of hydrogen-bond donors (Lipinski definition) is 0. The van der Waals surface area contributed by atoms with Gasteiger partial charge >= 0.3 is 0 Å². The Morgan fingerprint density at radius 2 is 2.12 bits per heavy atom. The molecule has 1 unspecified atom stereocenters. The number of rotatable bonds is 4. The molecule has 2 aromatic rings. The Morgan fingerprint density at radius 1 is 1.41 bits per heavy atom. The first-order valence-corrected chi connectivity index (χ1v) is 7.16. The van der Waals surface area contributed by atoms with Gasteiger partial charge in [-0.2, -0.15) is 0 Å². The Hall–Kier alpha value is -0.840. The molecule has 2 nitrogen and oxygen atoms in total. The summed E-state index contributed by atoms with van der Waals surface area (Å²) < 4.78 is 0.916. The fourth-order valence-corrected chi connectivity index (χ4v) is 3.30. The van der Waals surface area contributed by atoms with Crippen molar-refractivity contribution in [3.05, 3.63) is 46.4 Å². The summed E-state index contributed by atoms with van der Waals surface area (Å²) in [4.78, 5) is 16.2. The summed E-state index contributed by atoms with van der Waals surface area (Å²) in [5, 5.41) is 2.41. The van der Waals surface area contributed by atoms with E-state index in [1.165, 1.54) is 11.8 Å². The van der Waals surface area contributed by atoms with Crippen molar-refractivity contribution in [1.29, 1.82) is 0 Å². The van der Waals surface area contributed by atoms with E-state index in [0.29, 0.717) is 10.6 Å². The van der Waals surface area contributed by atoms with Crippen LogP contribution in [0.2, 0.25) is 5.02 Å². The monoisotopic (exact) mass is 283 g/mol. The molecular weight excluding hydrogens is 274 g/mol. The maximum atomic E-state index is 12.1. The second kappa shape index (κ2) is 5.67. The van der Waals surface area contributed by atoms with E-state index in [4.69, 9.17) is 11.6 Å². The number of halogens is 1. The van der Waals surface area contributed by atoms with Gasteiger partial charge in [0.2, 0.25) is 0 Å². The molecule has 0 spiro atoms. The SMILES string of the molecule is CC(Sc1nccs1)C(=O)c1ccc(Cl)cc1. The lowest BCUT2D eigenvalue weighted by Crippen LogP contribution is -2.13. The maximum absolute atomic E-state index is 12.1. The summed E-state index contributed by atoms with van der Waals surface area (Å²) in [7, 11) is 0. The van der Waals surface area contributed by atoms with Crippen molar-refractivity contribution < 1.29 is 4.79 Å². The van der Waals surface area contributed by atoms with Crippen LogP contribution in [0.5, 0.6) is 0 Å². The average molecular weight is 284 g/mol. The Morgan fingerprint density at radius 3 is 2.71 bits per heavy atom. The number of thiazole rings is 1. The topological polar surface area (TPSA) is 30.0 Å². The molecule has 0 aliphatic rings. The quantitative estimate of drug-likeness (QED) is 0.623. The minimum atomic E-state index is -0.137. The molecule has 0 fully saturated rings. The zero-order valence-corrected chi connectivity index (χ0v) is 11.5. The Bertz CT molecular complexity index is 496. The van der Waals surface area contributed by atoms with E-state index in [9.17, 15) is 4.79 Å². The van der Waals surface area contributed by atoms with Gasteiger partial charge in [-0.1, -0.05) is 23.4 Å². The molecule has 1 heterocycles. The molecule has 1 aromatic carbocycles. The molecule has 88 valence electrons. The summed E-state index contributed by atoms with van der Waals surface area (Å²) >= 11 is 8.81. The third-order valence-corrected chi connectivity index (χ3v) is 4.45.